The first-order valence-corrected chi connectivity index (χ1v) is 9.66. The van der Waals surface area contributed by atoms with E-state index in [-0.39, 0.29) is 6.03 Å². The third-order valence-corrected chi connectivity index (χ3v) is 5.34. The van der Waals surface area contributed by atoms with Gasteiger partial charge in [0.1, 0.15) is 0 Å². The van der Waals surface area contributed by atoms with Crippen LogP contribution in [-0.4, -0.2) is 26.3 Å². The highest BCUT2D eigenvalue weighted by atomic mass is 32.2. The van der Waals surface area contributed by atoms with Crippen LogP contribution in [0.5, 0.6) is 0 Å². The number of benzene rings is 1. The highest BCUT2D eigenvalue weighted by molar-refractivity contribution is 7.84. The normalized spacial score (nSPS) is 16.1. The van der Waals surface area contributed by atoms with Crippen LogP contribution in [0, 0.1) is 6.92 Å². The molecule has 0 spiro atoms. The summed E-state index contributed by atoms with van der Waals surface area (Å²) in [4.78, 5) is 12.9. The van der Waals surface area contributed by atoms with Gasteiger partial charge < -0.3 is 10.6 Å². The van der Waals surface area contributed by atoms with Crippen LogP contribution in [0.15, 0.2) is 35.4 Å². The lowest BCUT2D eigenvalue weighted by Crippen LogP contribution is -2.20. The van der Waals surface area contributed by atoms with Gasteiger partial charge in [-0.25, -0.2) is 4.79 Å². The standard InChI is InChI=1S/C17H22N4O2S/c1-12-16(11-18-21(12)14-5-3-4-6-14)20-17(22)19-13-7-9-15(10-8-13)24(2)23/h7-11,14H,3-6H2,1-2H3,(H2,19,20,22)/t24-/m0/s1. The number of rotatable bonds is 4. The Bertz CT molecular complexity index is 748. The molecule has 2 N–H and O–H groups in total. The number of carbonyl (C=O) groups excluding carboxylic acids is 1. The summed E-state index contributed by atoms with van der Waals surface area (Å²) in [5.41, 5.74) is 2.36. The minimum absolute atomic E-state index is 0.311. The van der Waals surface area contributed by atoms with Crippen LogP contribution in [0.2, 0.25) is 0 Å². The molecule has 0 aliphatic heterocycles. The molecule has 1 aliphatic carbocycles. The average Bonchev–Trinajstić information content (AvgIpc) is 3.19. The molecule has 0 saturated heterocycles. The topological polar surface area (TPSA) is 76.0 Å². The number of aromatic nitrogens is 2. The van der Waals surface area contributed by atoms with Crippen LogP contribution in [0.3, 0.4) is 0 Å². The Hall–Kier alpha value is -2.15. The predicted molar refractivity (Wildman–Crippen MR) is 95.9 cm³/mol. The SMILES string of the molecule is Cc1c(NC(=O)Nc2ccc([S@](C)=O)cc2)cnn1C1CCCC1. The van der Waals surface area contributed by atoms with Gasteiger partial charge in [-0.2, -0.15) is 5.10 Å². The summed E-state index contributed by atoms with van der Waals surface area (Å²) >= 11 is 0. The van der Waals surface area contributed by atoms with Crippen LogP contribution < -0.4 is 10.6 Å². The molecule has 1 aromatic heterocycles. The van der Waals surface area contributed by atoms with Gasteiger partial charge in [0.15, 0.2) is 0 Å². The third-order valence-electron chi connectivity index (χ3n) is 4.41. The molecule has 128 valence electrons. The molecule has 1 aliphatic rings. The van der Waals surface area contributed by atoms with Crippen molar-refractivity contribution in [3.05, 3.63) is 36.2 Å². The largest absolute Gasteiger partial charge is 0.323 e. The van der Waals surface area contributed by atoms with E-state index in [1.165, 1.54) is 12.8 Å². The fourth-order valence-electron chi connectivity index (χ4n) is 3.08. The maximum atomic E-state index is 12.2. The smallest absolute Gasteiger partial charge is 0.308 e. The average molecular weight is 346 g/mol. The monoisotopic (exact) mass is 346 g/mol. The van der Waals surface area contributed by atoms with E-state index in [0.717, 1.165) is 29.1 Å². The van der Waals surface area contributed by atoms with Crippen LogP contribution in [0.1, 0.15) is 37.4 Å². The molecule has 1 fully saturated rings. The molecular weight excluding hydrogens is 324 g/mol. The minimum atomic E-state index is -1.02. The quantitative estimate of drug-likeness (QED) is 0.886. The minimum Gasteiger partial charge on any atom is -0.308 e. The summed E-state index contributed by atoms with van der Waals surface area (Å²) in [5, 5.41) is 10.1. The molecule has 2 amide bonds. The van der Waals surface area contributed by atoms with E-state index in [1.807, 2.05) is 11.6 Å². The first-order valence-electron chi connectivity index (χ1n) is 8.10. The van der Waals surface area contributed by atoms with Gasteiger partial charge in [-0.15, -0.1) is 0 Å². The van der Waals surface area contributed by atoms with Crippen molar-refractivity contribution in [3.63, 3.8) is 0 Å². The Labute approximate surface area is 144 Å². The van der Waals surface area contributed by atoms with Crippen molar-refractivity contribution < 1.29 is 9.00 Å². The molecule has 7 heteroatoms. The van der Waals surface area contributed by atoms with Gasteiger partial charge in [0.2, 0.25) is 0 Å². The lowest BCUT2D eigenvalue weighted by Gasteiger charge is -2.13. The highest BCUT2D eigenvalue weighted by Crippen LogP contribution is 2.31. The summed E-state index contributed by atoms with van der Waals surface area (Å²) in [5.74, 6) is 0. The van der Waals surface area contributed by atoms with Gasteiger partial charge in [0.05, 0.1) is 23.6 Å². The van der Waals surface area contributed by atoms with E-state index in [0.29, 0.717) is 11.7 Å². The van der Waals surface area contributed by atoms with E-state index >= 15 is 0 Å². The molecule has 3 rings (SSSR count). The molecule has 1 aromatic carbocycles. The Morgan fingerprint density at radius 3 is 2.50 bits per heavy atom. The Morgan fingerprint density at radius 2 is 1.88 bits per heavy atom. The number of carbonyl (C=O) groups is 1. The number of nitrogens with one attached hydrogen (secondary N) is 2. The van der Waals surface area contributed by atoms with Crippen molar-refractivity contribution in [2.24, 2.45) is 0 Å². The van der Waals surface area contributed by atoms with E-state index in [2.05, 4.69) is 15.7 Å². The lowest BCUT2D eigenvalue weighted by atomic mass is 10.2. The van der Waals surface area contributed by atoms with Gasteiger partial charge in [-0.05, 0) is 44.0 Å². The van der Waals surface area contributed by atoms with Gasteiger partial charge >= 0.3 is 6.03 Å². The van der Waals surface area contributed by atoms with E-state index < -0.39 is 10.8 Å². The summed E-state index contributed by atoms with van der Waals surface area (Å²) in [6.07, 6.45) is 8.12. The molecule has 1 atom stereocenters. The zero-order valence-corrected chi connectivity index (χ0v) is 14.7. The Morgan fingerprint density at radius 1 is 1.21 bits per heavy atom. The van der Waals surface area contributed by atoms with Crippen molar-refractivity contribution in [1.82, 2.24) is 9.78 Å². The van der Waals surface area contributed by atoms with Crippen molar-refractivity contribution in [2.75, 3.05) is 16.9 Å². The second kappa shape index (κ2) is 7.17. The van der Waals surface area contributed by atoms with Crippen molar-refractivity contribution >= 4 is 28.2 Å². The van der Waals surface area contributed by atoms with Crippen LogP contribution in [-0.2, 0) is 10.8 Å². The fraction of sp³-hybridized carbons (Fsp3) is 0.412. The summed E-state index contributed by atoms with van der Waals surface area (Å²) in [7, 11) is -1.02. The number of urea groups is 1. The Balaban J connectivity index is 1.63. The number of amides is 2. The number of nitrogens with zero attached hydrogens (tertiary/aromatic N) is 2. The van der Waals surface area contributed by atoms with Crippen LogP contribution >= 0.6 is 0 Å². The first kappa shape index (κ1) is 16.7. The second-order valence-electron chi connectivity index (χ2n) is 6.08. The molecule has 1 heterocycles. The highest BCUT2D eigenvalue weighted by Gasteiger charge is 2.20. The molecular formula is C17H22N4O2S. The van der Waals surface area contributed by atoms with E-state index in [1.54, 1.807) is 36.7 Å². The molecule has 2 aromatic rings. The molecule has 24 heavy (non-hydrogen) atoms. The first-order chi connectivity index (χ1) is 11.5. The molecule has 6 nitrogen and oxygen atoms in total. The summed E-state index contributed by atoms with van der Waals surface area (Å²) in [6.45, 7) is 1.98. The lowest BCUT2D eigenvalue weighted by molar-refractivity contribution is 0.262. The van der Waals surface area contributed by atoms with Gasteiger partial charge in [0.25, 0.3) is 0 Å². The molecule has 0 radical (unpaired) electrons. The number of anilines is 2. The van der Waals surface area contributed by atoms with Crippen molar-refractivity contribution in [1.29, 1.82) is 0 Å². The second-order valence-corrected chi connectivity index (χ2v) is 7.46. The molecule has 1 saturated carbocycles. The summed E-state index contributed by atoms with van der Waals surface area (Å²) in [6, 6.07) is 7.11. The van der Waals surface area contributed by atoms with Crippen LogP contribution in [0.4, 0.5) is 16.2 Å². The van der Waals surface area contributed by atoms with Gasteiger partial charge in [-0.3, -0.25) is 8.89 Å². The maximum absolute atomic E-state index is 12.2. The number of hydrogen-bond donors (Lipinski definition) is 2. The summed E-state index contributed by atoms with van der Waals surface area (Å²) < 4.78 is 13.4. The Kier molecular flexibility index (Phi) is 4.99. The third kappa shape index (κ3) is 3.67. The fourth-order valence-corrected chi connectivity index (χ4v) is 3.60. The van der Waals surface area contributed by atoms with E-state index in [9.17, 15) is 9.00 Å². The molecule has 0 bridgehead atoms. The van der Waals surface area contributed by atoms with Crippen molar-refractivity contribution in [3.8, 4) is 0 Å². The number of hydrogen-bond acceptors (Lipinski definition) is 3. The predicted octanol–water partition coefficient (Wildman–Crippen LogP) is 3.69. The maximum Gasteiger partial charge on any atom is 0.323 e. The van der Waals surface area contributed by atoms with Gasteiger partial charge in [-0.1, -0.05) is 12.8 Å². The van der Waals surface area contributed by atoms with Gasteiger partial charge in [0, 0.05) is 27.6 Å². The van der Waals surface area contributed by atoms with Crippen LogP contribution in [0.25, 0.3) is 0 Å². The zero-order chi connectivity index (χ0) is 17.1. The zero-order valence-electron chi connectivity index (χ0n) is 13.9. The molecule has 0 unspecified atom stereocenters. The van der Waals surface area contributed by atoms with Crippen molar-refractivity contribution in [2.45, 2.75) is 43.5 Å². The van der Waals surface area contributed by atoms with E-state index in [4.69, 9.17) is 0 Å².